The fourth-order valence-electron chi connectivity index (χ4n) is 2.54. The van der Waals surface area contributed by atoms with E-state index in [2.05, 4.69) is 48.3 Å². The summed E-state index contributed by atoms with van der Waals surface area (Å²) in [4.78, 5) is 2.36. The summed E-state index contributed by atoms with van der Waals surface area (Å²) in [5.74, 6) is 0. The zero-order valence-corrected chi connectivity index (χ0v) is 11.4. The molecule has 1 aliphatic rings. The average Bonchev–Trinajstić information content (AvgIpc) is 2.47. The molecule has 1 aromatic carbocycles. The lowest BCUT2D eigenvalue weighted by molar-refractivity contribution is 0.129. The van der Waals surface area contributed by atoms with Gasteiger partial charge in [0.05, 0.1) is 6.10 Å². The van der Waals surface area contributed by atoms with Crippen LogP contribution in [0.5, 0.6) is 0 Å². The van der Waals surface area contributed by atoms with Gasteiger partial charge in [0, 0.05) is 31.7 Å². The molecule has 1 aromatic rings. The fourth-order valence-corrected chi connectivity index (χ4v) is 2.54. The Morgan fingerprint density at radius 3 is 2.78 bits per heavy atom. The monoisotopic (exact) mass is 248 g/mol. The largest absolute Gasteiger partial charge is 0.390 e. The number of aliphatic hydroxyl groups excluding tert-OH is 1. The van der Waals surface area contributed by atoms with Gasteiger partial charge in [0.2, 0.25) is 0 Å². The highest BCUT2D eigenvalue weighted by molar-refractivity contribution is 5.14. The normalized spacial score (nSPS) is 24.7. The van der Waals surface area contributed by atoms with Gasteiger partial charge in [0.25, 0.3) is 0 Å². The lowest BCUT2D eigenvalue weighted by Gasteiger charge is -2.29. The number of nitrogens with zero attached hydrogens (tertiary/aromatic N) is 1. The molecule has 1 unspecified atom stereocenters. The summed E-state index contributed by atoms with van der Waals surface area (Å²) >= 11 is 0. The zero-order chi connectivity index (χ0) is 13.0. The van der Waals surface area contributed by atoms with E-state index in [9.17, 15) is 5.11 Å². The second-order valence-electron chi connectivity index (χ2n) is 5.89. The van der Waals surface area contributed by atoms with E-state index in [1.54, 1.807) is 0 Å². The molecule has 1 heterocycles. The van der Waals surface area contributed by atoms with Crippen molar-refractivity contribution in [3.8, 4) is 0 Å². The van der Waals surface area contributed by atoms with Crippen LogP contribution in [0.4, 0.5) is 0 Å². The van der Waals surface area contributed by atoms with Gasteiger partial charge >= 0.3 is 0 Å². The predicted molar refractivity (Wildman–Crippen MR) is 74.7 cm³/mol. The van der Waals surface area contributed by atoms with E-state index in [4.69, 9.17) is 0 Å². The molecule has 2 N–H and O–H groups in total. The van der Waals surface area contributed by atoms with Gasteiger partial charge < -0.3 is 10.4 Å². The Kier molecular flexibility index (Phi) is 4.38. The first-order valence-electron chi connectivity index (χ1n) is 6.74. The third kappa shape index (κ3) is 4.09. The summed E-state index contributed by atoms with van der Waals surface area (Å²) in [5.41, 5.74) is 1.44. The van der Waals surface area contributed by atoms with Crippen LogP contribution in [0.2, 0.25) is 0 Å². The molecular weight excluding hydrogens is 224 g/mol. The molecule has 3 heteroatoms. The first kappa shape index (κ1) is 13.5. The highest BCUT2D eigenvalue weighted by atomic mass is 16.3. The summed E-state index contributed by atoms with van der Waals surface area (Å²) in [7, 11) is 0. The number of hydrogen-bond acceptors (Lipinski definition) is 3. The van der Waals surface area contributed by atoms with E-state index in [0.29, 0.717) is 6.54 Å². The molecule has 1 aliphatic heterocycles. The first-order valence-corrected chi connectivity index (χ1v) is 6.74. The van der Waals surface area contributed by atoms with E-state index < -0.39 is 0 Å². The summed E-state index contributed by atoms with van der Waals surface area (Å²) in [6.45, 7) is 7.84. The molecule has 0 amide bonds. The van der Waals surface area contributed by atoms with E-state index in [0.717, 1.165) is 26.1 Å². The molecule has 0 aromatic heterocycles. The van der Waals surface area contributed by atoms with Crippen molar-refractivity contribution in [1.82, 2.24) is 10.2 Å². The average molecular weight is 248 g/mol. The molecule has 0 bridgehead atoms. The molecular formula is C15H24N2O. The van der Waals surface area contributed by atoms with Crippen molar-refractivity contribution in [3.63, 3.8) is 0 Å². The molecule has 1 atom stereocenters. The van der Waals surface area contributed by atoms with Crippen LogP contribution in [0.15, 0.2) is 30.3 Å². The highest BCUT2D eigenvalue weighted by Gasteiger charge is 2.27. The Morgan fingerprint density at radius 1 is 1.33 bits per heavy atom. The molecule has 0 spiro atoms. The van der Waals surface area contributed by atoms with Gasteiger partial charge in [-0.15, -0.1) is 0 Å². The lowest BCUT2D eigenvalue weighted by atomic mass is 10.1. The Morgan fingerprint density at radius 2 is 2.06 bits per heavy atom. The van der Waals surface area contributed by atoms with Crippen LogP contribution in [0.25, 0.3) is 0 Å². The van der Waals surface area contributed by atoms with Crippen LogP contribution in [0.1, 0.15) is 19.4 Å². The summed E-state index contributed by atoms with van der Waals surface area (Å²) in [6, 6.07) is 10.5. The van der Waals surface area contributed by atoms with Crippen molar-refractivity contribution in [2.75, 3.05) is 26.2 Å². The van der Waals surface area contributed by atoms with Crippen molar-refractivity contribution in [1.29, 1.82) is 0 Å². The predicted octanol–water partition coefficient (Wildman–Crippen LogP) is 1.27. The standard InChI is InChI=1S/C15H24N2O/c1-15(2)12-17(11-14(18)10-16-15)9-8-13-6-4-3-5-7-13/h3-7,14,16,18H,8-12H2,1-2H3. The number of rotatable bonds is 3. The summed E-state index contributed by atoms with van der Waals surface area (Å²) < 4.78 is 0. The maximum Gasteiger partial charge on any atom is 0.0791 e. The van der Waals surface area contributed by atoms with Crippen molar-refractivity contribution >= 4 is 0 Å². The van der Waals surface area contributed by atoms with E-state index in [1.165, 1.54) is 5.56 Å². The number of β-amino-alcohol motifs (C(OH)–C–C–N with tert-alkyl or cyclic N) is 1. The molecule has 3 nitrogen and oxygen atoms in total. The molecule has 1 fully saturated rings. The second kappa shape index (κ2) is 5.83. The number of nitrogens with one attached hydrogen (secondary N) is 1. The summed E-state index contributed by atoms with van der Waals surface area (Å²) in [6.07, 6.45) is 0.784. The minimum Gasteiger partial charge on any atom is -0.390 e. The van der Waals surface area contributed by atoms with Crippen molar-refractivity contribution in [2.45, 2.75) is 31.9 Å². The number of hydrogen-bond donors (Lipinski definition) is 2. The molecule has 0 radical (unpaired) electrons. The first-order chi connectivity index (χ1) is 8.55. The topological polar surface area (TPSA) is 35.5 Å². The Balaban J connectivity index is 1.91. The Bertz CT molecular complexity index is 364. The van der Waals surface area contributed by atoms with Gasteiger partial charge in [-0.25, -0.2) is 0 Å². The highest BCUT2D eigenvalue weighted by Crippen LogP contribution is 2.11. The number of aliphatic hydroxyl groups is 1. The second-order valence-corrected chi connectivity index (χ2v) is 5.89. The third-order valence-corrected chi connectivity index (χ3v) is 3.46. The third-order valence-electron chi connectivity index (χ3n) is 3.46. The lowest BCUT2D eigenvalue weighted by Crippen LogP contribution is -2.46. The van der Waals surface area contributed by atoms with E-state index >= 15 is 0 Å². The van der Waals surface area contributed by atoms with Crippen LogP contribution in [0.3, 0.4) is 0 Å². The maximum absolute atomic E-state index is 9.88. The van der Waals surface area contributed by atoms with Crippen molar-refractivity contribution in [3.05, 3.63) is 35.9 Å². The molecule has 1 saturated heterocycles. The molecule has 0 saturated carbocycles. The van der Waals surface area contributed by atoms with Crippen molar-refractivity contribution < 1.29 is 5.11 Å². The van der Waals surface area contributed by atoms with Gasteiger partial charge in [-0.3, -0.25) is 4.90 Å². The van der Waals surface area contributed by atoms with Gasteiger partial charge in [-0.2, -0.15) is 0 Å². The SMILES string of the molecule is CC1(C)CN(CCc2ccccc2)CC(O)CN1. The van der Waals surface area contributed by atoms with Crippen LogP contribution >= 0.6 is 0 Å². The quantitative estimate of drug-likeness (QED) is 0.846. The zero-order valence-electron chi connectivity index (χ0n) is 11.4. The van der Waals surface area contributed by atoms with Crippen molar-refractivity contribution in [2.24, 2.45) is 0 Å². The smallest absolute Gasteiger partial charge is 0.0791 e. The van der Waals surface area contributed by atoms with Crippen LogP contribution < -0.4 is 5.32 Å². The van der Waals surface area contributed by atoms with Gasteiger partial charge in [-0.05, 0) is 25.8 Å². The van der Waals surface area contributed by atoms with Crippen LogP contribution in [0, 0.1) is 0 Å². The maximum atomic E-state index is 9.88. The Hall–Kier alpha value is -0.900. The van der Waals surface area contributed by atoms with Gasteiger partial charge in [0.1, 0.15) is 0 Å². The minimum atomic E-state index is -0.262. The number of benzene rings is 1. The molecule has 100 valence electrons. The van der Waals surface area contributed by atoms with E-state index in [1.807, 2.05) is 6.07 Å². The fraction of sp³-hybridized carbons (Fsp3) is 0.600. The molecule has 18 heavy (non-hydrogen) atoms. The van der Waals surface area contributed by atoms with E-state index in [-0.39, 0.29) is 11.6 Å². The van der Waals surface area contributed by atoms with Crippen LogP contribution in [-0.4, -0.2) is 47.8 Å². The van der Waals surface area contributed by atoms with Crippen LogP contribution in [-0.2, 0) is 6.42 Å². The Labute approximate surface area is 110 Å². The molecule has 2 rings (SSSR count). The van der Waals surface area contributed by atoms with Gasteiger partial charge in [0.15, 0.2) is 0 Å². The summed E-state index contributed by atoms with van der Waals surface area (Å²) in [5, 5.41) is 13.3. The van der Waals surface area contributed by atoms with Gasteiger partial charge in [-0.1, -0.05) is 30.3 Å². The minimum absolute atomic E-state index is 0.0775. The molecule has 0 aliphatic carbocycles.